The average Bonchev–Trinajstić information content (AvgIpc) is 2.90. The first-order valence-electron chi connectivity index (χ1n) is 5.82. The van der Waals surface area contributed by atoms with Crippen molar-refractivity contribution in [3.63, 3.8) is 0 Å². The molecule has 0 bridgehead atoms. The molecule has 1 atom stereocenters. The highest BCUT2D eigenvalue weighted by atomic mass is 32.1. The van der Waals surface area contributed by atoms with E-state index in [0.717, 1.165) is 16.5 Å². The topological polar surface area (TPSA) is 73.3 Å². The van der Waals surface area contributed by atoms with Crippen LogP contribution < -0.4 is 15.8 Å². The van der Waals surface area contributed by atoms with Gasteiger partial charge in [0.25, 0.3) is 0 Å². The first-order valence-corrected chi connectivity index (χ1v) is 6.60. The van der Waals surface area contributed by atoms with E-state index in [-0.39, 0.29) is 6.04 Å². The molecular weight excluding hydrogens is 250 g/mol. The van der Waals surface area contributed by atoms with Crippen LogP contribution >= 0.6 is 11.5 Å². The van der Waals surface area contributed by atoms with Gasteiger partial charge in [-0.1, -0.05) is 0 Å². The van der Waals surface area contributed by atoms with Gasteiger partial charge in [-0.05, 0) is 44.4 Å². The Labute approximate surface area is 110 Å². The average molecular weight is 267 g/mol. The van der Waals surface area contributed by atoms with Gasteiger partial charge in [0.2, 0.25) is 0 Å². The summed E-state index contributed by atoms with van der Waals surface area (Å²) in [4.78, 5) is 0. The van der Waals surface area contributed by atoms with Crippen molar-refractivity contribution in [3.05, 3.63) is 23.7 Å². The Morgan fingerprint density at radius 1 is 1.56 bits per heavy atom. The molecule has 6 heteroatoms. The van der Waals surface area contributed by atoms with Gasteiger partial charge < -0.3 is 20.2 Å². The SMILES string of the molecule is CCOc1c(N)nsc1NC(C)c1ccc(C)o1. The van der Waals surface area contributed by atoms with Crippen molar-refractivity contribution in [2.45, 2.75) is 26.8 Å². The van der Waals surface area contributed by atoms with Crippen molar-refractivity contribution in [3.8, 4) is 5.75 Å². The molecule has 0 aliphatic carbocycles. The van der Waals surface area contributed by atoms with E-state index in [1.165, 1.54) is 11.5 Å². The lowest BCUT2D eigenvalue weighted by atomic mass is 10.2. The molecule has 98 valence electrons. The lowest BCUT2D eigenvalue weighted by molar-refractivity contribution is 0.344. The van der Waals surface area contributed by atoms with Crippen molar-refractivity contribution < 1.29 is 9.15 Å². The van der Waals surface area contributed by atoms with E-state index in [2.05, 4.69) is 9.69 Å². The zero-order valence-electron chi connectivity index (χ0n) is 10.7. The number of nitrogen functional groups attached to an aromatic ring is 1. The van der Waals surface area contributed by atoms with Gasteiger partial charge >= 0.3 is 0 Å². The summed E-state index contributed by atoms with van der Waals surface area (Å²) >= 11 is 1.29. The Bertz CT molecular complexity index is 521. The zero-order valence-corrected chi connectivity index (χ0v) is 11.5. The molecule has 0 amide bonds. The Kier molecular flexibility index (Phi) is 3.76. The monoisotopic (exact) mass is 267 g/mol. The molecule has 1 unspecified atom stereocenters. The van der Waals surface area contributed by atoms with Crippen LogP contribution in [0, 0.1) is 6.92 Å². The molecule has 2 aromatic rings. The quantitative estimate of drug-likeness (QED) is 0.870. The Morgan fingerprint density at radius 2 is 2.33 bits per heavy atom. The molecule has 0 saturated carbocycles. The molecule has 2 aromatic heterocycles. The summed E-state index contributed by atoms with van der Waals surface area (Å²) in [5, 5.41) is 4.13. The number of nitrogens with one attached hydrogen (secondary N) is 1. The number of aryl methyl sites for hydroxylation is 1. The molecule has 0 fully saturated rings. The summed E-state index contributed by atoms with van der Waals surface area (Å²) in [6, 6.07) is 3.94. The number of nitrogens with zero attached hydrogens (tertiary/aromatic N) is 1. The van der Waals surface area contributed by atoms with Crippen LogP contribution in [0.3, 0.4) is 0 Å². The van der Waals surface area contributed by atoms with Gasteiger partial charge in [-0.25, -0.2) is 0 Å². The number of nitrogens with two attached hydrogens (primary N) is 1. The van der Waals surface area contributed by atoms with Gasteiger partial charge in [0, 0.05) is 0 Å². The molecule has 0 saturated heterocycles. The lowest BCUT2D eigenvalue weighted by Gasteiger charge is -2.12. The van der Waals surface area contributed by atoms with Crippen molar-refractivity contribution in [2.75, 3.05) is 17.7 Å². The minimum atomic E-state index is 0.0396. The second-order valence-electron chi connectivity index (χ2n) is 3.97. The molecule has 0 aliphatic heterocycles. The van der Waals surface area contributed by atoms with Crippen molar-refractivity contribution >= 4 is 22.4 Å². The fourth-order valence-corrected chi connectivity index (χ4v) is 2.37. The van der Waals surface area contributed by atoms with Crippen LogP contribution in [0.25, 0.3) is 0 Å². The molecule has 0 spiro atoms. The smallest absolute Gasteiger partial charge is 0.197 e. The van der Waals surface area contributed by atoms with Gasteiger partial charge in [0.05, 0.1) is 12.6 Å². The number of aromatic nitrogens is 1. The minimum absolute atomic E-state index is 0.0396. The predicted octanol–water partition coefficient (Wildman–Crippen LogP) is 3.20. The van der Waals surface area contributed by atoms with E-state index < -0.39 is 0 Å². The minimum Gasteiger partial charge on any atom is -0.487 e. The third-order valence-corrected chi connectivity index (χ3v) is 3.27. The molecule has 3 N–H and O–H groups in total. The van der Waals surface area contributed by atoms with Crippen LogP contribution in [0.4, 0.5) is 10.8 Å². The van der Waals surface area contributed by atoms with Gasteiger partial charge in [0.1, 0.15) is 11.5 Å². The molecule has 2 heterocycles. The summed E-state index contributed by atoms with van der Waals surface area (Å²) in [5.74, 6) is 2.82. The predicted molar refractivity (Wildman–Crippen MR) is 73.2 cm³/mol. The number of furan rings is 1. The summed E-state index contributed by atoms with van der Waals surface area (Å²) < 4.78 is 15.1. The second-order valence-corrected chi connectivity index (χ2v) is 4.75. The first kappa shape index (κ1) is 12.8. The van der Waals surface area contributed by atoms with Gasteiger partial charge in [0.15, 0.2) is 16.6 Å². The lowest BCUT2D eigenvalue weighted by Crippen LogP contribution is -2.06. The van der Waals surface area contributed by atoms with Gasteiger partial charge in [-0.15, -0.1) is 0 Å². The Morgan fingerprint density at radius 3 is 2.94 bits per heavy atom. The Balaban J connectivity index is 2.13. The van der Waals surface area contributed by atoms with E-state index in [9.17, 15) is 0 Å². The third kappa shape index (κ3) is 2.59. The number of ether oxygens (including phenoxy) is 1. The second kappa shape index (κ2) is 5.30. The van der Waals surface area contributed by atoms with Gasteiger partial charge in [-0.2, -0.15) is 4.37 Å². The van der Waals surface area contributed by atoms with Crippen molar-refractivity contribution in [1.82, 2.24) is 4.37 Å². The molecule has 5 nitrogen and oxygen atoms in total. The first-order chi connectivity index (χ1) is 8.61. The maximum Gasteiger partial charge on any atom is 0.197 e. The van der Waals surface area contributed by atoms with E-state index in [1.807, 2.05) is 32.9 Å². The summed E-state index contributed by atoms with van der Waals surface area (Å²) in [6.07, 6.45) is 0. The summed E-state index contributed by atoms with van der Waals surface area (Å²) in [7, 11) is 0. The molecule has 2 rings (SSSR count). The standard InChI is InChI=1S/C12H17N3O2S/c1-4-16-10-11(13)15-18-12(10)14-8(3)9-6-5-7(2)17-9/h5-6,8,14H,4H2,1-3H3,(H2,13,15). The van der Waals surface area contributed by atoms with Gasteiger partial charge in [-0.3, -0.25) is 0 Å². The fraction of sp³-hybridized carbons (Fsp3) is 0.417. The van der Waals surface area contributed by atoms with Crippen LogP contribution in [0.15, 0.2) is 16.5 Å². The van der Waals surface area contributed by atoms with E-state index in [0.29, 0.717) is 18.2 Å². The molecule has 0 aromatic carbocycles. The maximum absolute atomic E-state index is 5.76. The van der Waals surface area contributed by atoms with E-state index >= 15 is 0 Å². The summed E-state index contributed by atoms with van der Waals surface area (Å²) in [6.45, 7) is 6.42. The van der Waals surface area contributed by atoms with Crippen LogP contribution in [0.5, 0.6) is 5.75 Å². The van der Waals surface area contributed by atoms with Crippen LogP contribution in [0.2, 0.25) is 0 Å². The van der Waals surface area contributed by atoms with Crippen molar-refractivity contribution in [1.29, 1.82) is 0 Å². The third-order valence-electron chi connectivity index (χ3n) is 2.50. The van der Waals surface area contributed by atoms with Crippen molar-refractivity contribution in [2.24, 2.45) is 0 Å². The summed E-state index contributed by atoms with van der Waals surface area (Å²) in [5.41, 5.74) is 5.76. The number of rotatable bonds is 5. The largest absolute Gasteiger partial charge is 0.487 e. The fourth-order valence-electron chi connectivity index (χ4n) is 1.62. The molecule has 18 heavy (non-hydrogen) atoms. The molecule has 0 radical (unpaired) electrons. The normalized spacial score (nSPS) is 12.4. The van der Waals surface area contributed by atoms with E-state index in [4.69, 9.17) is 14.9 Å². The molecular formula is C12H17N3O2S. The number of hydrogen-bond acceptors (Lipinski definition) is 6. The number of anilines is 2. The Hall–Kier alpha value is -1.69. The van der Waals surface area contributed by atoms with E-state index in [1.54, 1.807) is 0 Å². The highest BCUT2D eigenvalue weighted by molar-refractivity contribution is 7.11. The van der Waals surface area contributed by atoms with Crippen LogP contribution in [-0.4, -0.2) is 11.0 Å². The highest BCUT2D eigenvalue weighted by Crippen LogP contribution is 2.37. The molecule has 0 aliphatic rings. The number of hydrogen-bond donors (Lipinski definition) is 2. The maximum atomic E-state index is 5.76. The highest BCUT2D eigenvalue weighted by Gasteiger charge is 2.17. The van der Waals surface area contributed by atoms with Crippen LogP contribution in [0.1, 0.15) is 31.4 Å². The van der Waals surface area contributed by atoms with Crippen LogP contribution in [-0.2, 0) is 0 Å². The zero-order chi connectivity index (χ0) is 13.1.